The van der Waals surface area contributed by atoms with Gasteiger partial charge in [0.1, 0.15) is 6.26 Å². The minimum atomic E-state index is 0.741. The Morgan fingerprint density at radius 2 is 1.79 bits per heavy atom. The molecule has 0 aromatic carbocycles. The van der Waals surface area contributed by atoms with Crippen LogP contribution in [-0.4, -0.2) is 10.4 Å². The Bertz CT molecular complexity index is 513. The molecule has 4 saturated carbocycles. The van der Waals surface area contributed by atoms with Crippen molar-refractivity contribution in [1.82, 2.24) is 10.4 Å². The number of hydrogen-bond acceptors (Lipinski definition) is 3. The van der Waals surface area contributed by atoms with Gasteiger partial charge in [-0.05, 0) is 85.9 Å². The fourth-order valence-corrected chi connectivity index (χ4v) is 7.42. The van der Waals surface area contributed by atoms with E-state index in [-0.39, 0.29) is 0 Å². The standard InChI is InChI=1S/C19H32.C2H2N2O/c1-18-11-5-7-16(18)15-9-8-14-6-3-4-12-19(14,2)17(15)10-13-18;1-2-5-4-3-1/h14-17H,3-13H2,1-2H3;1-2H/t14-,15+,16+,17+,18+,19+;/m1./s1. The van der Waals surface area contributed by atoms with Gasteiger partial charge >= 0.3 is 0 Å². The molecule has 4 fully saturated rings. The first-order valence-electron chi connectivity index (χ1n) is 10.3. The van der Waals surface area contributed by atoms with E-state index in [9.17, 15) is 0 Å². The normalized spacial score (nSPS) is 46.9. The molecule has 6 atom stereocenters. The van der Waals surface area contributed by atoms with Gasteiger partial charge in [0.15, 0.2) is 0 Å². The molecule has 1 heterocycles. The highest BCUT2D eigenvalue weighted by Crippen LogP contribution is 2.66. The summed E-state index contributed by atoms with van der Waals surface area (Å²) in [6.45, 7) is 5.33. The summed E-state index contributed by atoms with van der Waals surface area (Å²) < 4.78 is 4.22. The van der Waals surface area contributed by atoms with Gasteiger partial charge < -0.3 is 4.52 Å². The fourth-order valence-electron chi connectivity index (χ4n) is 7.42. The molecule has 0 bridgehead atoms. The Labute approximate surface area is 147 Å². The Morgan fingerprint density at radius 1 is 0.875 bits per heavy atom. The summed E-state index contributed by atoms with van der Waals surface area (Å²) in [7, 11) is 0. The van der Waals surface area contributed by atoms with Crippen LogP contribution in [0.15, 0.2) is 17.0 Å². The van der Waals surface area contributed by atoms with Gasteiger partial charge in [0, 0.05) is 5.27 Å². The SMILES string of the molecule is C[C@@]12CCC[C@H]1[C@@H]1CC[C@H]3CCCC[C@]3(C)[C@H]1CC2.c1conn1. The number of nitrogens with zero attached hydrogens (tertiary/aromatic N) is 2. The molecule has 1 aromatic heterocycles. The molecule has 4 aliphatic rings. The van der Waals surface area contributed by atoms with Gasteiger partial charge in [0.2, 0.25) is 0 Å². The van der Waals surface area contributed by atoms with Gasteiger partial charge in [-0.2, -0.15) is 0 Å². The lowest BCUT2D eigenvalue weighted by Crippen LogP contribution is -2.51. The lowest BCUT2D eigenvalue weighted by atomic mass is 9.45. The quantitative estimate of drug-likeness (QED) is 0.596. The van der Waals surface area contributed by atoms with Crippen LogP contribution in [0.3, 0.4) is 0 Å². The number of rotatable bonds is 0. The highest BCUT2D eigenvalue weighted by atomic mass is 16.5. The zero-order valence-corrected chi connectivity index (χ0v) is 15.5. The zero-order chi connectivity index (χ0) is 16.6. The van der Waals surface area contributed by atoms with Crippen LogP contribution in [0.25, 0.3) is 0 Å². The lowest BCUT2D eigenvalue weighted by molar-refractivity contribution is -0.103. The van der Waals surface area contributed by atoms with Crippen LogP contribution in [0.2, 0.25) is 0 Å². The van der Waals surface area contributed by atoms with Crippen LogP contribution in [0.5, 0.6) is 0 Å². The summed E-state index contributed by atoms with van der Waals surface area (Å²) in [5.41, 5.74) is 1.49. The molecule has 134 valence electrons. The first-order chi connectivity index (χ1) is 11.6. The van der Waals surface area contributed by atoms with Gasteiger partial charge in [-0.15, -0.1) is 5.10 Å². The minimum Gasteiger partial charge on any atom is -0.346 e. The van der Waals surface area contributed by atoms with Crippen LogP contribution in [-0.2, 0) is 0 Å². The number of hydrogen-bond donors (Lipinski definition) is 0. The third-order valence-corrected chi connectivity index (χ3v) is 8.65. The van der Waals surface area contributed by atoms with E-state index in [2.05, 4.69) is 28.7 Å². The van der Waals surface area contributed by atoms with E-state index in [0.717, 1.165) is 34.5 Å². The summed E-state index contributed by atoms with van der Waals surface area (Å²) in [6.07, 6.45) is 20.0. The molecular formula is C21H34N2O. The van der Waals surface area contributed by atoms with Crippen molar-refractivity contribution in [2.45, 2.75) is 84.5 Å². The van der Waals surface area contributed by atoms with Crippen molar-refractivity contribution in [2.24, 2.45) is 34.5 Å². The highest BCUT2D eigenvalue weighted by Gasteiger charge is 2.56. The molecule has 0 spiro atoms. The van der Waals surface area contributed by atoms with Crippen molar-refractivity contribution in [2.75, 3.05) is 0 Å². The molecule has 24 heavy (non-hydrogen) atoms. The number of aromatic nitrogens is 2. The topological polar surface area (TPSA) is 38.9 Å². The second kappa shape index (κ2) is 6.46. The first-order valence-corrected chi connectivity index (χ1v) is 10.3. The lowest BCUT2D eigenvalue weighted by Gasteiger charge is -2.60. The zero-order valence-electron chi connectivity index (χ0n) is 15.5. The van der Waals surface area contributed by atoms with Gasteiger partial charge in [0.05, 0.1) is 6.20 Å². The molecule has 0 aliphatic heterocycles. The van der Waals surface area contributed by atoms with Crippen LogP contribution < -0.4 is 0 Å². The van der Waals surface area contributed by atoms with Crippen LogP contribution in [0.1, 0.15) is 84.5 Å². The summed E-state index contributed by atoms with van der Waals surface area (Å²) in [4.78, 5) is 0. The average molecular weight is 331 g/mol. The average Bonchev–Trinajstić information content (AvgIpc) is 3.26. The molecule has 0 saturated heterocycles. The number of fused-ring (bicyclic) bond motifs is 5. The maximum atomic E-state index is 4.22. The monoisotopic (exact) mass is 330 g/mol. The maximum absolute atomic E-state index is 4.22. The third-order valence-electron chi connectivity index (χ3n) is 8.65. The van der Waals surface area contributed by atoms with Crippen LogP contribution in [0.4, 0.5) is 0 Å². The van der Waals surface area contributed by atoms with Gasteiger partial charge in [0.25, 0.3) is 0 Å². The van der Waals surface area contributed by atoms with Crippen molar-refractivity contribution in [3.8, 4) is 0 Å². The predicted molar refractivity (Wildman–Crippen MR) is 95.3 cm³/mol. The van der Waals surface area contributed by atoms with Gasteiger partial charge in [-0.25, -0.2) is 0 Å². The van der Waals surface area contributed by atoms with Gasteiger partial charge in [-0.3, -0.25) is 0 Å². The molecule has 1 aromatic rings. The molecule has 5 rings (SSSR count). The second-order valence-corrected chi connectivity index (χ2v) is 9.58. The summed E-state index contributed by atoms with van der Waals surface area (Å²) in [6, 6.07) is 0. The molecule has 4 aliphatic carbocycles. The smallest absolute Gasteiger partial charge is 0.144 e. The summed E-state index contributed by atoms with van der Waals surface area (Å²) in [5, 5.41) is 6.40. The predicted octanol–water partition coefficient (Wildman–Crippen LogP) is 5.88. The largest absolute Gasteiger partial charge is 0.346 e. The third kappa shape index (κ3) is 2.72. The molecule has 0 unspecified atom stereocenters. The van der Waals surface area contributed by atoms with Crippen molar-refractivity contribution >= 4 is 0 Å². The van der Waals surface area contributed by atoms with Crippen molar-refractivity contribution in [1.29, 1.82) is 0 Å². The fraction of sp³-hybridized carbons (Fsp3) is 0.905. The highest BCUT2D eigenvalue weighted by molar-refractivity contribution is 5.06. The van der Waals surface area contributed by atoms with E-state index in [1.165, 1.54) is 31.7 Å². The summed E-state index contributed by atoms with van der Waals surface area (Å²) >= 11 is 0. The summed E-state index contributed by atoms with van der Waals surface area (Å²) in [5.74, 6) is 4.41. The first kappa shape index (κ1) is 16.6. The Morgan fingerprint density at radius 3 is 2.54 bits per heavy atom. The molecule has 3 heteroatoms. The molecule has 0 amide bonds. The van der Waals surface area contributed by atoms with E-state index in [1.807, 2.05) is 0 Å². The molecule has 0 radical (unpaired) electrons. The Balaban J connectivity index is 0.000000252. The molecule has 3 nitrogen and oxygen atoms in total. The van der Waals surface area contributed by atoms with Crippen LogP contribution in [0, 0.1) is 34.5 Å². The Hall–Kier alpha value is -0.860. The van der Waals surface area contributed by atoms with E-state index in [1.54, 1.807) is 51.4 Å². The molecular weight excluding hydrogens is 296 g/mol. The molecule has 0 N–H and O–H groups in total. The Kier molecular flexibility index (Phi) is 4.47. The minimum absolute atomic E-state index is 0.741. The van der Waals surface area contributed by atoms with Crippen molar-refractivity contribution < 1.29 is 4.52 Å². The van der Waals surface area contributed by atoms with E-state index in [4.69, 9.17) is 0 Å². The van der Waals surface area contributed by atoms with E-state index >= 15 is 0 Å². The van der Waals surface area contributed by atoms with Gasteiger partial charge in [-0.1, -0.05) is 33.1 Å². The maximum Gasteiger partial charge on any atom is 0.144 e. The van der Waals surface area contributed by atoms with Crippen LogP contribution >= 0.6 is 0 Å². The van der Waals surface area contributed by atoms with E-state index in [0.29, 0.717) is 0 Å². The van der Waals surface area contributed by atoms with Crippen molar-refractivity contribution in [3.05, 3.63) is 12.5 Å². The van der Waals surface area contributed by atoms with Crippen molar-refractivity contribution in [3.63, 3.8) is 0 Å². The van der Waals surface area contributed by atoms with E-state index < -0.39 is 0 Å². The second-order valence-electron chi connectivity index (χ2n) is 9.58.